The van der Waals surface area contributed by atoms with Crippen LogP contribution in [0.4, 0.5) is 0 Å². The van der Waals surface area contributed by atoms with E-state index in [1.807, 2.05) is 0 Å². The van der Waals surface area contributed by atoms with Crippen LogP contribution >= 0.6 is 0 Å². The van der Waals surface area contributed by atoms with E-state index < -0.39 is 0 Å². The highest BCUT2D eigenvalue weighted by atomic mass is 16.2. The van der Waals surface area contributed by atoms with E-state index in [0.29, 0.717) is 12.5 Å². The maximum absolute atomic E-state index is 12.2. The van der Waals surface area contributed by atoms with E-state index in [2.05, 4.69) is 26.1 Å². The lowest BCUT2D eigenvalue weighted by Gasteiger charge is -2.33. The third-order valence-corrected chi connectivity index (χ3v) is 4.33. The molecule has 1 fully saturated rings. The molecule has 1 saturated carbocycles. The van der Waals surface area contributed by atoms with E-state index in [1.54, 1.807) is 0 Å². The molecule has 1 amide bonds. The molecule has 3 nitrogen and oxygen atoms in total. The van der Waals surface area contributed by atoms with Crippen LogP contribution in [-0.2, 0) is 4.79 Å². The normalized spacial score (nSPS) is 25.8. The van der Waals surface area contributed by atoms with Gasteiger partial charge in [0, 0.05) is 12.5 Å². The first-order valence-corrected chi connectivity index (χ1v) is 6.60. The molecule has 0 spiro atoms. The van der Waals surface area contributed by atoms with E-state index >= 15 is 0 Å². The predicted molar refractivity (Wildman–Crippen MR) is 67.0 cm³/mol. The summed E-state index contributed by atoms with van der Waals surface area (Å²) in [7, 11) is 0. The Morgan fingerprint density at radius 3 is 2.38 bits per heavy atom. The first kappa shape index (κ1) is 13.5. The number of nitrogens with two attached hydrogens (primary N) is 1. The van der Waals surface area contributed by atoms with Crippen molar-refractivity contribution in [3.05, 3.63) is 0 Å². The standard InChI is InChI=1S/C13H26N2O/c1-4-13(5-2,9-14)15-12(16)11-8-6-7-10(11)3/h10-11H,4-9,14H2,1-3H3,(H,15,16). The Morgan fingerprint density at radius 2 is 2.00 bits per heavy atom. The zero-order chi connectivity index (χ0) is 12.2. The van der Waals surface area contributed by atoms with Crippen molar-refractivity contribution < 1.29 is 4.79 Å². The molecule has 16 heavy (non-hydrogen) atoms. The molecule has 0 radical (unpaired) electrons. The minimum absolute atomic E-state index is 0.181. The molecule has 0 aromatic rings. The topological polar surface area (TPSA) is 55.1 Å². The predicted octanol–water partition coefficient (Wildman–Crippen LogP) is 2.06. The second-order valence-corrected chi connectivity index (χ2v) is 5.20. The van der Waals surface area contributed by atoms with Gasteiger partial charge >= 0.3 is 0 Å². The van der Waals surface area contributed by atoms with Gasteiger partial charge in [-0.25, -0.2) is 0 Å². The summed E-state index contributed by atoms with van der Waals surface area (Å²) in [5, 5.41) is 3.19. The van der Waals surface area contributed by atoms with Gasteiger partial charge in [-0.05, 0) is 31.6 Å². The maximum atomic E-state index is 12.2. The van der Waals surface area contributed by atoms with Crippen LogP contribution in [0.25, 0.3) is 0 Å². The number of hydrogen-bond acceptors (Lipinski definition) is 2. The molecule has 0 aromatic heterocycles. The Hall–Kier alpha value is -0.570. The molecular weight excluding hydrogens is 200 g/mol. The summed E-state index contributed by atoms with van der Waals surface area (Å²) >= 11 is 0. The highest BCUT2D eigenvalue weighted by molar-refractivity contribution is 5.80. The third-order valence-electron chi connectivity index (χ3n) is 4.33. The van der Waals surface area contributed by atoms with Crippen LogP contribution in [0.2, 0.25) is 0 Å². The monoisotopic (exact) mass is 226 g/mol. The zero-order valence-electron chi connectivity index (χ0n) is 10.9. The highest BCUT2D eigenvalue weighted by Gasteiger charge is 2.34. The van der Waals surface area contributed by atoms with Crippen LogP contribution in [0.3, 0.4) is 0 Å². The van der Waals surface area contributed by atoms with Crippen LogP contribution < -0.4 is 11.1 Å². The third kappa shape index (κ3) is 2.76. The smallest absolute Gasteiger partial charge is 0.223 e. The summed E-state index contributed by atoms with van der Waals surface area (Å²) in [4.78, 5) is 12.2. The number of rotatable bonds is 5. The molecule has 0 bridgehead atoms. The number of amides is 1. The van der Waals surface area contributed by atoms with Gasteiger partial charge in [0.05, 0.1) is 5.54 Å². The minimum atomic E-state index is -0.181. The quantitative estimate of drug-likeness (QED) is 0.754. The van der Waals surface area contributed by atoms with Gasteiger partial charge in [-0.3, -0.25) is 4.79 Å². The van der Waals surface area contributed by atoms with Gasteiger partial charge in [0.15, 0.2) is 0 Å². The molecule has 94 valence electrons. The van der Waals surface area contributed by atoms with E-state index in [1.165, 1.54) is 12.8 Å². The lowest BCUT2D eigenvalue weighted by Crippen LogP contribution is -2.54. The van der Waals surface area contributed by atoms with Crippen molar-refractivity contribution in [2.75, 3.05) is 6.54 Å². The summed E-state index contributed by atoms with van der Waals surface area (Å²) in [6.07, 6.45) is 5.24. The first-order valence-electron chi connectivity index (χ1n) is 6.60. The van der Waals surface area contributed by atoms with Gasteiger partial charge in [0.1, 0.15) is 0 Å². The van der Waals surface area contributed by atoms with Crippen LogP contribution in [0.1, 0.15) is 52.9 Å². The molecular formula is C13H26N2O. The second-order valence-electron chi connectivity index (χ2n) is 5.20. The molecule has 2 atom stereocenters. The highest BCUT2D eigenvalue weighted by Crippen LogP contribution is 2.32. The van der Waals surface area contributed by atoms with Crippen molar-refractivity contribution in [1.29, 1.82) is 0 Å². The number of hydrogen-bond donors (Lipinski definition) is 2. The van der Waals surface area contributed by atoms with Gasteiger partial charge in [0.25, 0.3) is 0 Å². The first-order chi connectivity index (χ1) is 7.58. The van der Waals surface area contributed by atoms with Gasteiger partial charge in [-0.15, -0.1) is 0 Å². The Morgan fingerprint density at radius 1 is 1.38 bits per heavy atom. The second kappa shape index (κ2) is 5.67. The van der Waals surface area contributed by atoms with Crippen molar-refractivity contribution >= 4 is 5.91 Å². The average Bonchev–Trinajstić information content (AvgIpc) is 2.72. The van der Waals surface area contributed by atoms with Gasteiger partial charge in [-0.2, -0.15) is 0 Å². The van der Waals surface area contributed by atoms with Crippen molar-refractivity contribution in [2.45, 2.75) is 58.4 Å². The molecule has 1 rings (SSSR count). The Balaban J connectivity index is 2.61. The molecule has 0 aromatic carbocycles. The SMILES string of the molecule is CCC(CC)(CN)NC(=O)C1CCCC1C. The van der Waals surface area contributed by atoms with Crippen LogP contribution in [0.15, 0.2) is 0 Å². The molecule has 2 unspecified atom stereocenters. The summed E-state index contributed by atoms with van der Waals surface area (Å²) in [6, 6.07) is 0. The zero-order valence-corrected chi connectivity index (χ0v) is 10.9. The summed E-state index contributed by atoms with van der Waals surface area (Å²) in [5.74, 6) is 0.965. The van der Waals surface area contributed by atoms with E-state index in [-0.39, 0.29) is 17.4 Å². The van der Waals surface area contributed by atoms with Crippen molar-refractivity contribution in [3.63, 3.8) is 0 Å². The lowest BCUT2D eigenvalue weighted by molar-refractivity contribution is -0.127. The summed E-state index contributed by atoms with van der Waals surface area (Å²) < 4.78 is 0. The average molecular weight is 226 g/mol. The molecule has 0 saturated heterocycles. The van der Waals surface area contributed by atoms with E-state index in [9.17, 15) is 4.79 Å². The minimum Gasteiger partial charge on any atom is -0.349 e. The summed E-state index contributed by atoms with van der Waals surface area (Å²) in [6.45, 7) is 6.90. The van der Waals surface area contributed by atoms with Gasteiger partial charge in [0.2, 0.25) is 5.91 Å². The molecule has 1 aliphatic carbocycles. The lowest BCUT2D eigenvalue weighted by atomic mass is 9.90. The van der Waals surface area contributed by atoms with Crippen molar-refractivity contribution in [1.82, 2.24) is 5.32 Å². The van der Waals surface area contributed by atoms with Gasteiger partial charge < -0.3 is 11.1 Å². The number of nitrogens with one attached hydrogen (secondary N) is 1. The fourth-order valence-corrected chi connectivity index (χ4v) is 2.66. The van der Waals surface area contributed by atoms with Gasteiger partial charge in [-0.1, -0.05) is 27.2 Å². The van der Waals surface area contributed by atoms with Crippen LogP contribution in [-0.4, -0.2) is 18.0 Å². The van der Waals surface area contributed by atoms with E-state index in [4.69, 9.17) is 5.73 Å². The fraction of sp³-hybridized carbons (Fsp3) is 0.923. The van der Waals surface area contributed by atoms with Crippen molar-refractivity contribution in [3.8, 4) is 0 Å². The molecule has 1 aliphatic rings. The molecule has 0 heterocycles. The number of carbonyl (C=O) groups is 1. The molecule has 0 aliphatic heterocycles. The van der Waals surface area contributed by atoms with Crippen molar-refractivity contribution in [2.24, 2.45) is 17.6 Å². The molecule has 3 heteroatoms. The Bertz CT molecular complexity index is 228. The summed E-state index contributed by atoms with van der Waals surface area (Å²) in [5.41, 5.74) is 5.61. The van der Waals surface area contributed by atoms with E-state index in [0.717, 1.165) is 19.3 Å². The molecule has 3 N–H and O–H groups in total. The van der Waals surface area contributed by atoms with Crippen LogP contribution in [0, 0.1) is 11.8 Å². The Kier molecular flexibility index (Phi) is 4.78. The fourth-order valence-electron chi connectivity index (χ4n) is 2.66. The Labute approximate surface area is 99.2 Å². The van der Waals surface area contributed by atoms with Crippen LogP contribution in [0.5, 0.6) is 0 Å². The maximum Gasteiger partial charge on any atom is 0.223 e. The largest absolute Gasteiger partial charge is 0.349 e. The number of carbonyl (C=O) groups excluding carboxylic acids is 1.